The highest BCUT2D eigenvalue weighted by Gasteiger charge is 2.12. The molecule has 0 aliphatic heterocycles. The Hall–Kier alpha value is -0.650. The molecule has 0 aromatic heterocycles. The third-order valence-corrected chi connectivity index (χ3v) is 1.66. The lowest BCUT2D eigenvalue weighted by atomic mass is 10.2. The van der Waals surface area contributed by atoms with Crippen LogP contribution in [0.1, 0.15) is 19.8 Å². The van der Waals surface area contributed by atoms with Crippen LogP contribution < -0.4 is 16.8 Å². The highest BCUT2D eigenvalue weighted by molar-refractivity contribution is 5.75. The quantitative estimate of drug-likeness (QED) is 0.288. The summed E-state index contributed by atoms with van der Waals surface area (Å²) in [7, 11) is 1.34. The Balaban J connectivity index is 3.37. The molecule has 0 spiro atoms. The van der Waals surface area contributed by atoms with Crippen LogP contribution in [-0.4, -0.2) is 31.8 Å². The van der Waals surface area contributed by atoms with E-state index < -0.39 is 6.04 Å². The fraction of sp³-hybridized carbons (Fsp3) is 0.875. The van der Waals surface area contributed by atoms with Crippen molar-refractivity contribution < 1.29 is 9.53 Å². The monoisotopic (exact) mass is 189 g/mol. The first kappa shape index (κ1) is 12.3. The van der Waals surface area contributed by atoms with E-state index >= 15 is 0 Å². The van der Waals surface area contributed by atoms with Crippen LogP contribution in [-0.2, 0) is 9.53 Å². The van der Waals surface area contributed by atoms with E-state index in [0.717, 1.165) is 13.0 Å². The van der Waals surface area contributed by atoms with Gasteiger partial charge in [0.2, 0.25) is 0 Å². The molecule has 0 radical (unpaired) electrons. The molecule has 5 heteroatoms. The van der Waals surface area contributed by atoms with E-state index in [1.54, 1.807) is 0 Å². The van der Waals surface area contributed by atoms with E-state index in [0.29, 0.717) is 6.42 Å². The zero-order valence-corrected chi connectivity index (χ0v) is 8.25. The van der Waals surface area contributed by atoms with E-state index in [1.165, 1.54) is 7.11 Å². The first-order valence-electron chi connectivity index (χ1n) is 4.40. The van der Waals surface area contributed by atoms with Crippen molar-refractivity contribution in [3.8, 4) is 0 Å². The molecule has 5 N–H and O–H groups in total. The summed E-state index contributed by atoms with van der Waals surface area (Å²) in [5.41, 5.74) is 11.0. The zero-order chi connectivity index (χ0) is 10.3. The third-order valence-electron chi connectivity index (χ3n) is 1.66. The predicted molar refractivity (Wildman–Crippen MR) is 50.9 cm³/mol. The molecular weight excluding hydrogens is 170 g/mol. The molecule has 0 saturated heterocycles. The van der Waals surface area contributed by atoms with Gasteiger partial charge in [-0.05, 0) is 26.3 Å². The summed E-state index contributed by atoms with van der Waals surface area (Å²) >= 11 is 0. The Morgan fingerprint density at radius 1 is 1.54 bits per heavy atom. The molecule has 13 heavy (non-hydrogen) atoms. The average Bonchev–Trinajstić information content (AvgIpc) is 2.10. The van der Waals surface area contributed by atoms with Crippen molar-refractivity contribution in [2.45, 2.75) is 32.0 Å². The number of esters is 1. The van der Waals surface area contributed by atoms with Gasteiger partial charge < -0.3 is 21.5 Å². The average molecular weight is 189 g/mol. The molecule has 0 amide bonds. The molecule has 0 saturated carbocycles. The minimum absolute atomic E-state index is 0.0191. The number of methoxy groups -OCH3 is 1. The summed E-state index contributed by atoms with van der Waals surface area (Å²) in [6.45, 7) is 2.63. The lowest BCUT2D eigenvalue weighted by Crippen LogP contribution is -2.36. The Bertz CT molecular complexity index is 150. The summed E-state index contributed by atoms with van der Waals surface area (Å²) in [6, 6.07) is -0.514. The van der Waals surface area contributed by atoms with Gasteiger partial charge >= 0.3 is 5.97 Å². The molecule has 0 heterocycles. The third kappa shape index (κ3) is 6.51. The van der Waals surface area contributed by atoms with Crippen LogP contribution in [0.3, 0.4) is 0 Å². The van der Waals surface area contributed by atoms with Gasteiger partial charge in [-0.15, -0.1) is 0 Å². The van der Waals surface area contributed by atoms with E-state index in [1.807, 2.05) is 6.92 Å². The highest BCUT2D eigenvalue weighted by atomic mass is 16.5. The van der Waals surface area contributed by atoms with E-state index in [9.17, 15) is 4.79 Å². The molecule has 0 rings (SSSR count). The molecule has 78 valence electrons. The largest absolute Gasteiger partial charge is 0.468 e. The van der Waals surface area contributed by atoms with Crippen LogP contribution in [0.4, 0.5) is 0 Å². The van der Waals surface area contributed by atoms with Gasteiger partial charge in [0.1, 0.15) is 6.04 Å². The molecule has 0 fully saturated rings. The lowest BCUT2D eigenvalue weighted by Gasteiger charge is -2.10. The number of carbonyl (C=O) groups excluding carboxylic acids is 1. The number of ether oxygens (including phenoxy) is 1. The molecule has 0 unspecified atom stereocenters. The minimum atomic E-state index is -0.514. The number of nitrogens with two attached hydrogens (primary N) is 2. The zero-order valence-electron chi connectivity index (χ0n) is 8.25. The van der Waals surface area contributed by atoms with Crippen molar-refractivity contribution in [3.63, 3.8) is 0 Å². The first-order valence-corrected chi connectivity index (χ1v) is 4.40. The summed E-state index contributed by atoms with van der Waals surface area (Å²) in [6.07, 6.45) is 1.42. The molecular formula is C8H19N3O2. The van der Waals surface area contributed by atoms with Crippen molar-refractivity contribution >= 4 is 5.97 Å². The second kappa shape index (κ2) is 6.82. The second-order valence-electron chi connectivity index (χ2n) is 3.01. The topological polar surface area (TPSA) is 90.4 Å². The van der Waals surface area contributed by atoms with Gasteiger partial charge in [-0.1, -0.05) is 0 Å². The van der Waals surface area contributed by atoms with Crippen molar-refractivity contribution in [3.05, 3.63) is 0 Å². The van der Waals surface area contributed by atoms with E-state index in [-0.39, 0.29) is 12.1 Å². The van der Waals surface area contributed by atoms with E-state index in [2.05, 4.69) is 10.1 Å². The maximum atomic E-state index is 10.8. The highest BCUT2D eigenvalue weighted by Crippen LogP contribution is 1.95. The van der Waals surface area contributed by atoms with Gasteiger partial charge in [0.05, 0.1) is 13.3 Å². The number of carbonyl (C=O) groups is 1. The van der Waals surface area contributed by atoms with Crippen molar-refractivity contribution in [2.24, 2.45) is 11.5 Å². The molecule has 0 aromatic carbocycles. The summed E-state index contributed by atoms with van der Waals surface area (Å²) < 4.78 is 4.48. The number of hydrogen-bond acceptors (Lipinski definition) is 5. The normalized spacial score (nSPS) is 15.1. The van der Waals surface area contributed by atoms with Gasteiger partial charge in [-0.2, -0.15) is 0 Å². The van der Waals surface area contributed by atoms with Gasteiger partial charge in [-0.25, -0.2) is 0 Å². The maximum absolute atomic E-state index is 10.8. The van der Waals surface area contributed by atoms with Crippen LogP contribution in [0.2, 0.25) is 0 Å². The Kier molecular flexibility index (Phi) is 6.48. The summed E-state index contributed by atoms with van der Waals surface area (Å²) in [4.78, 5) is 10.8. The molecule has 5 nitrogen and oxygen atoms in total. The summed E-state index contributed by atoms with van der Waals surface area (Å²) in [5.74, 6) is -0.360. The van der Waals surface area contributed by atoms with Crippen molar-refractivity contribution in [1.29, 1.82) is 0 Å². The minimum Gasteiger partial charge on any atom is -0.468 e. The number of rotatable bonds is 6. The van der Waals surface area contributed by atoms with Crippen molar-refractivity contribution in [2.75, 3.05) is 13.7 Å². The summed E-state index contributed by atoms with van der Waals surface area (Å²) in [5, 5.41) is 3.03. The van der Waals surface area contributed by atoms with Gasteiger partial charge in [0.15, 0.2) is 0 Å². The second-order valence-corrected chi connectivity index (χ2v) is 3.01. The Morgan fingerprint density at radius 2 is 2.15 bits per heavy atom. The Morgan fingerprint density at radius 3 is 2.62 bits per heavy atom. The standard InChI is InChI=1S/C8H19N3O2/c1-6(9)11-5-3-4-7(10)8(12)13-2/h6-7,11H,3-5,9-10H2,1-2H3/t6-,7+/m0/s1. The lowest BCUT2D eigenvalue weighted by molar-refractivity contribution is -0.142. The maximum Gasteiger partial charge on any atom is 0.322 e. The molecule has 0 aliphatic carbocycles. The number of nitrogens with one attached hydrogen (secondary N) is 1. The molecule has 0 bridgehead atoms. The van der Waals surface area contributed by atoms with Gasteiger partial charge in [0, 0.05) is 0 Å². The first-order chi connectivity index (χ1) is 6.07. The predicted octanol–water partition coefficient (Wildman–Crippen LogP) is -0.839. The van der Waals surface area contributed by atoms with E-state index in [4.69, 9.17) is 11.5 Å². The van der Waals surface area contributed by atoms with Crippen molar-refractivity contribution in [1.82, 2.24) is 5.32 Å². The van der Waals surface area contributed by atoms with Crippen LogP contribution in [0.15, 0.2) is 0 Å². The van der Waals surface area contributed by atoms with Crippen LogP contribution in [0.5, 0.6) is 0 Å². The van der Waals surface area contributed by atoms with Gasteiger partial charge in [0.25, 0.3) is 0 Å². The molecule has 0 aliphatic rings. The SMILES string of the molecule is COC(=O)[C@H](N)CCCN[C@@H](C)N. The van der Waals surface area contributed by atoms with Crippen LogP contribution >= 0.6 is 0 Å². The number of hydrogen-bond donors (Lipinski definition) is 3. The fourth-order valence-corrected chi connectivity index (χ4v) is 0.921. The van der Waals surface area contributed by atoms with Crippen LogP contribution in [0.25, 0.3) is 0 Å². The van der Waals surface area contributed by atoms with Gasteiger partial charge in [-0.3, -0.25) is 4.79 Å². The Labute approximate surface area is 78.8 Å². The smallest absolute Gasteiger partial charge is 0.322 e. The molecule has 0 aromatic rings. The fourth-order valence-electron chi connectivity index (χ4n) is 0.921. The molecule has 2 atom stereocenters. The van der Waals surface area contributed by atoms with Crippen LogP contribution in [0, 0.1) is 0 Å².